The van der Waals surface area contributed by atoms with E-state index in [0.717, 1.165) is 38.8 Å². The van der Waals surface area contributed by atoms with Gasteiger partial charge in [-0.25, -0.2) is 8.42 Å². The number of likely N-dealkylation sites (tertiary alicyclic amines) is 1. The van der Waals surface area contributed by atoms with Crippen LogP contribution in [-0.4, -0.2) is 42.5 Å². The summed E-state index contributed by atoms with van der Waals surface area (Å²) in [5.74, 6) is 0.277. The predicted octanol–water partition coefficient (Wildman–Crippen LogP) is 2.76. The number of hydrogen-bond acceptors (Lipinski definition) is 6. The van der Waals surface area contributed by atoms with Crippen molar-refractivity contribution < 1.29 is 17.7 Å². The zero-order chi connectivity index (χ0) is 19.3. The molecule has 1 aromatic carbocycles. The first-order chi connectivity index (χ1) is 13.0. The highest BCUT2D eigenvalue weighted by Gasteiger charge is 2.21. The van der Waals surface area contributed by atoms with Crippen molar-refractivity contribution in [1.82, 2.24) is 15.0 Å². The molecule has 1 saturated heterocycles. The average Bonchev–Trinajstić information content (AvgIpc) is 3.31. The Labute approximate surface area is 159 Å². The average molecular weight is 391 g/mol. The summed E-state index contributed by atoms with van der Waals surface area (Å²) < 4.78 is 29.9. The third-order valence-electron chi connectivity index (χ3n) is 4.59. The Kier molecular flexibility index (Phi) is 6.26. The molecule has 3 rings (SSSR count). The van der Waals surface area contributed by atoms with E-state index >= 15 is 0 Å². The van der Waals surface area contributed by atoms with Gasteiger partial charge < -0.3 is 9.42 Å². The summed E-state index contributed by atoms with van der Waals surface area (Å²) in [6.07, 6.45) is 4.72. The molecule has 0 saturated carbocycles. The Bertz CT molecular complexity index is 869. The van der Waals surface area contributed by atoms with Gasteiger partial charge in [0.25, 0.3) is 5.91 Å². The maximum Gasteiger partial charge on any atom is 0.253 e. The van der Waals surface area contributed by atoms with Crippen LogP contribution in [-0.2, 0) is 27.8 Å². The molecule has 1 aliphatic heterocycles. The second-order valence-electron chi connectivity index (χ2n) is 6.94. The maximum atomic E-state index is 12.4. The molecular weight excluding hydrogens is 366 g/mol. The lowest BCUT2D eigenvalue weighted by Crippen LogP contribution is -2.27. The highest BCUT2D eigenvalue weighted by molar-refractivity contribution is 7.89. The van der Waals surface area contributed by atoms with Gasteiger partial charge in [0.1, 0.15) is 5.75 Å². The summed E-state index contributed by atoms with van der Waals surface area (Å²) in [6.45, 7) is 3.65. The monoisotopic (exact) mass is 391 g/mol. The molecular formula is C19H25N3O4S. The molecule has 0 radical (unpaired) electrons. The molecule has 0 N–H and O–H groups in total. The number of carbonyl (C=O) groups excluding carboxylic acids is 1. The Morgan fingerprint density at radius 2 is 1.85 bits per heavy atom. The molecule has 1 fully saturated rings. The van der Waals surface area contributed by atoms with E-state index in [1.165, 1.54) is 0 Å². The van der Waals surface area contributed by atoms with Crippen molar-refractivity contribution in [2.75, 3.05) is 13.1 Å². The van der Waals surface area contributed by atoms with Crippen molar-refractivity contribution in [3.05, 3.63) is 47.1 Å². The zero-order valence-electron chi connectivity index (χ0n) is 15.6. The van der Waals surface area contributed by atoms with Gasteiger partial charge in [0, 0.05) is 25.1 Å². The molecule has 1 aliphatic rings. The number of amides is 1. The van der Waals surface area contributed by atoms with Crippen LogP contribution in [0.25, 0.3) is 0 Å². The number of benzene rings is 1. The van der Waals surface area contributed by atoms with Crippen LogP contribution >= 0.6 is 0 Å². The summed E-state index contributed by atoms with van der Waals surface area (Å²) >= 11 is 0. The smallest absolute Gasteiger partial charge is 0.253 e. The van der Waals surface area contributed by atoms with Crippen LogP contribution in [0.4, 0.5) is 0 Å². The largest absolute Gasteiger partial charge is 0.339 e. The lowest BCUT2D eigenvalue weighted by molar-refractivity contribution is 0.0793. The van der Waals surface area contributed by atoms with Crippen LogP contribution in [0, 0.1) is 0 Å². The van der Waals surface area contributed by atoms with Crippen molar-refractivity contribution in [1.29, 1.82) is 0 Å². The maximum absolute atomic E-state index is 12.4. The van der Waals surface area contributed by atoms with Crippen LogP contribution in [0.3, 0.4) is 0 Å². The van der Waals surface area contributed by atoms with Gasteiger partial charge in [-0.2, -0.15) is 4.98 Å². The molecule has 1 amide bonds. The summed E-state index contributed by atoms with van der Waals surface area (Å²) in [5.41, 5.74) is 1.23. The van der Waals surface area contributed by atoms with Crippen molar-refractivity contribution in [3.8, 4) is 0 Å². The van der Waals surface area contributed by atoms with Crippen molar-refractivity contribution in [3.63, 3.8) is 0 Å². The van der Waals surface area contributed by atoms with Gasteiger partial charge in [0.15, 0.2) is 15.7 Å². The SMILES string of the molecule is CCCCc1noc(CS(=O)(=O)Cc2ccc(C(=O)N3CCCC3)cc2)n1. The van der Waals surface area contributed by atoms with Crippen molar-refractivity contribution in [2.24, 2.45) is 0 Å². The van der Waals surface area contributed by atoms with Crippen molar-refractivity contribution >= 4 is 15.7 Å². The van der Waals surface area contributed by atoms with Gasteiger partial charge in [-0.05, 0) is 37.0 Å². The molecule has 8 heteroatoms. The zero-order valence-corrected chi connectivity index (χ0v) is 16.4. The Hall–Kier alpha value is -2.22. The Morgan fingerprint density at radius 3 is 2.52 bits per heavy atom. The van der Waals surface area contributed by atoms with E-state index < -0.39 is 9.84 Å². The normalized spacial score (nSPS) is 14.6. The molecule has 0 atom stereocenters. The number of rotatable bonds is 8. The minimum atomic E-state index is -3.44. The second-order valence-corrected chi connectivity index (χ2v) is 9.00. The van der Waals surface area contributed by atoms with Crippen LogP contribution in [0.15, 0.2) is 28.8 Å². The topological polar surface area (TPSA) is 93.4 Å². The van der Waals surface area contributed by atoms with Crippen LogP contribution in [0.1, 0.15) is 60.2 Å². The van der Waals surface area contributed by atoms with Crippen LogP contribution in [0.2, 0.25) is 0 Å². The van der Waals surface area contributed by atoms with E-state index in [4.69, 9.17) is 4.52 Å². The van der Waals surface area contributed by atoms with Gasteiger partial charge in [-0.15, -0.1) is 0 Å². The van der Waals surface area contributed by atoms with E-state index in [2.05, 4.69) is 17.1 Å². The number of sulfone groups is 1. The highest BCUT2D eigenvalue weighted by atomic mass is 32.2. The fourth-order valence-corrected chi connectivity index (χ4v) is 4.42. The summed E-state index contributed by atoms with van der Waals surface area (Å²) in [7, 11) is -3.44. The summed E-state index contributed by atoms with van der Waals surface area (Å²) in [4.78, 5) is 18.3. The van der Waals surface area contributed by atoms with E-state index in [0.29, 0.717) is 23.4 Å². The van der Waals surface area contributed by atoms with Crippen LogP contribution < -0.4 is 0 Å². The lowest BCUT2D eigenvalue weighted by atomic mass is 10.1. The number of carbonyl (C=O) groups is 1. The minimum absolute atomic E-state index is 0.00683. The molecule has 1 aromatic heterocycles. The van der Waals surface area contributed by atoms with E-state index in [1.54, 1.807) is 24.3 Å². The first-order valence-corrected chi connectivity index (χ1v) is 11.2. The molecule has 27 heavy (non-hydrogen) atoms. The Balaban J connectivity index is 1.60. The van der Waals surface area contributed by atoms with Gasteiger partial charge in [-0.1, -0.05) is 30.6 Å². The number of nitrogens with zero attached hydrogens (tertiary/aromatic N) is 3. The van der Waals surface area contributed by atoms with E-state index in [9.17, 15) is 13.2 Å². The lowest BCUT2D eigenvalue weighted by Gasteiger charge is -2.15. The van der Waals surface area contributed by atoms with E-state index in [1.807, 2.05) is 4.90 Å². The third-order valence-corrected chi connectivity index (χ3v) is 6.05. The molecule has 2 aromatic rings. The number of unbranched alkanes of at least 4 members (excludes halogenated alkanes) is 1. The van der Waals surface area contributed by atoms with Crippen LogP contribution in [0.5, 0.6) is 0 Å². The molecule has 146 valence electrons. The summed E-state index contributed by atoms with van der Waals surface area (Å²) in [5, 5.41) is 3.82. The van der Waals surface area contributed by atoms with Gasteiger partial charge in [0.05, 0.1) is 5.75 Å². The highest BCUT2D eigenvalue weighted by Crippen LogP contribution is 2.16. The Morgan fingerprint density at radius 1 is 1.15 bits per heavy atom. The number of aromatic nitrogens is 2. The van der Waals surface area contributed by atoms with Gasteiger partial charge >= 0.3 is 0 Å². The molecule has 7 nitrogen and oxygen atoms in total. The number of hydrogen-bond donors (Lipinski definition) is 0. The predicted molar refractivity (Wildman–Crippen MR) is 101 cm³/mol. The molecule has 0 spiro atoms. The first-order valence-electron chi connectivity index (χ1n) is 9.37. The molecule has 0 unspecified atom stereocenters. The third kappa shape index (κ3) is 5.38. The van der Waals surface area contributed by atoms with Gasteiger partial charge in [-0.3, -0.25) is 4.79 Å². The molecule has 0 bridgehead atoms. The standard InChI is InChI=1S/C19H25N3O4S/c1-2-3-6-17-20-18(26-21-17)14-27(24,25)13-15-7-9-16(10-8-15)19(23)22-11-4-5-12-22/h7-10H,2-6,11-14H2,1H3. The van der Waals surface area contributed by atoms with Gasteiger partial charge in [0.2, 0.25) is 5.89 Å². The molecule has 0 aliphatic carbocycles. The quantitative estimate of drug-likeness (QED) is 0.687. The fourth-order valence-electron chi connectivity index (χ4n) is 3.12. The minimum Gasteiger partial charge on any atom is -0.339 e. The van der Waals surface area contributed by atoms with Crippen molar-refractivity contribution in [2.45, 2.75) is 50.5 Å². The first kappa shape index (κ1) is 19.5. The second kappa shape index (κ2) is 8.65. The fraction of sp³-hybridized carbons (Fsp3) is 0.526. The molecule has 2 heterocycles. The number of aryl methyl sites for hydroxylation is 1. The summed E-state index contributed by atoms with van der Waals surface area (Å²) in [6, 6.07) is 6.78. The van der Waals surface area contributed by atoms with E-state index in [-0.39, 0.29) is 23.3 Å².